The maximum absolute atomic E-state index is 14.6. The van der Waals surface area contributed by atoms with Gasteiger partial charge in [0.1, 0.15) is 17.9 Å². The van der Waals surface area contributed by atoms with Gasteiger partial charge in [-0.2, -0.15) is 5.10 Å². The van der Waals surface area contributed by atoms with Crippen LogP contribution in [0.25, 0.3) is 28.0 Å². The van der Waals surface area contributed by atoms with Gasteiger partial charge in [-0.05, 0) is 18.2 Å². The Morgan fingerprint density at radius 1 is 1.35 bits per heavy atom. The number of hydrogen-bond donors (Lipinski definition) is 2. The lowest BCUT2D eigenvalue weighted by Gasteiger charge is -2.12. The van der Waals surface area contributed by atoms with Crippen LogP contribution in [0.1, 0.15) is 10.5 Å². The number of carboxylic acids is 1. The van der Waals surface area contributed by atoms with Gasteiger partial charge < -0.3 is 9.84 Å². The number of carboxylic acid groups (broad SMARTS) is 1. The van der Waals surface area contributed by atoms with Crippen molar-refractivity contribution in [3.05, 3.63) is 54.5 Å². The lowest BCUT2D eigenvalue weighted by Crippen LogP contribution is -2.05. The maximum atomic E-state index is 14.6. The zero-order chi connectivity index (χ0) is 18.3. The number of imidazole rings is 1. The predicted octanol–water partition coefficient (Wildman–Crippen LogP) is 2.66. The van der Waals surface area contributed by atoms with Gasteiger partial charge in [0.25, 0.3) is 0 Å². The minimum atomic E-state index is -1.29. The van der Waals surface area contributed by atoms with Crippen molar-refractivity contribution in [1.82, 2.24) is 24.7 Å². The molecule has 8 nitrogen and oxygen atoms in total. The van der Waals surface area contributed by atoms with Crippen molar-refractivity contribution in [2.24, 2.45) is 0 Å². The fourth-order valence-corrected chi connectivity index (χ4v) is 2.84. The van der Waals surface area contributed by atoms with E-state index in [2.05, 4.69) is 20.2 Å². The molecule has 2 N–H and O–H groups in total. The number of aromatic carboxylic acids is 1. The number of fused-ring (bicyclic) bond motifs is 1. The van der Waals surface area contributed by atoms with E-state index >= 15 is 0 Å². The third kappa shape index (κ3) is 2.29. The minimum absolute atomic E-state index is 0.00453. The molecule has 0 spiro atoms. The van der Waals surface area contributed by atoms with Crippen LogP contribution in [-0.2, 0) is 0 Å². The van der Waals surface area contributed by atoms with Crippen LogP contribution in [0.3, 0.4) is 0 Å². The summed E-state index contributed by atoms with van der Waals surface area (Å²) in [6.07, 6.45) is 4.46. The molecule has 0 aliphatic heterocycles. The molecule has 4 aromatic rings. The molecule has 26 heavy (non-hydrogen) atoms. The summed E-state index contributed by atoms with van der Waals surface area (Å²) in [6.45, 7) is 0. The smallest absolute Gasteiger partial charge is 0.356 e. The van der Waals surface area contributed by atoms with Crippen molar-refractivity contribution >= 4 is 16.9 Å². The van der Waals surface area contributed by atoms with E-state index in [1.165, 1.54) is 30.1 Å². The van der Waals surface area contributed by atoms with Crippen molar-refractivity contribution in [1.29, 1.82) is 0 Å². The van der Waals surface area contributed by atoms with E-state index in [9.17, 15) is 14.3 Å². The van der Waals surface area contributed by atoms with Gasteiger partial charge in [0.2, 0.25) is 0 Å². The zero-order valence-electron chi connectivity index (χ0n) is 13.5. The van der Waals surface area contributed by atoms with E-state index in [-0.39, 0.29) is 22.7 Å². The summed E-state index contributed by atoms with van der Waals surface area (Å²) in [5, 5.41) is 17.2. The number of aromatic nitrogens is 5. The fourth-order valence-electron chi connectivity index (χ4n) is 2.84. The van der Waals surface area contributed by atoms with Crippen LogP contribution in [0, 0.1) is 5.82 Å². The molecule has 0 aliphatic rings. The molecule has 4 rings (SSSR count). The van der Waals surface area contributed by atoms with Crippen molar-refractivity contribution in [3.8, 4) is 22.8 Å². The quantitative estimate of drug-likeness (QED) is 0.584. The number of ether oxygens (including phenoxy) is 1. The molecule has 9 heteroatoms. The number of halogens is 1. The van der Waals surface area contributed by atoms with Gasteiger partial charge in [-0.25, -0.2) is 14.2 Å². The number of H-pyrrole nitrogens is 1. The minimum Gasteiger partial charge on any atom is -0.496 e. The van der Waals surface area contributed by atoms with Crippen LogP contribution in [0.4, 0.5) is 4.39 Å². The molecular formula is C17H12FN5O3. The summed E-state index contributed by atoms with van der Waals surface area (Å²) in [6, 6.07) is 5.98. The topological polar surface area (TPSA) is 106 Å². The molecule has 130 valence electrons. The van der Waals surface area contributed by atoms with E-state index in [1.807, 2.05) is 0 Å². The number of nitrogens with one attached hydrogen (secondary N) is 1. The Kier molecular flexibility index (Phi) is 3.61. The number of hydrogen-bond acceptors (Lipinski definition) is 5. The van der Waals surface area contributed by atoms with Gasteiger partial charge in [-0.15, -0.1) is 0 Å². The standard InChI is InChI=1S/C17H12FN5O3/c1-26-12-4-2-3-10(18)13(12)15-14(17(24)25)20-8-23(15)16-9-5-6-19-7-11(9)21-22-16/h2-8H,1H3,(H,21,22)(H,24,25). The highest BCUT2D eigenvalue weighted by atomic mass is 19.1. The molecule has 0 atom stereocenters. The van der Waals surface area contributed by atoms with E-state index in [1.54, 1.807) is 24.5 Å². The normalized spacial score (nSPS) is 11.0. The van der Waals surface area contributed by atoms with Gasteiger partial charge in [0, 0.05) is 11.6 Å². The second-order valence-corrected chi connectivity index (χ2v) is 5.40. The monoisotopic (exact) mass is 353 g/mol. The molecular weight excluding hydrogens is 341 g/mol. The number of benzene rings is 1. The molecule has 1 aromatic carbocycles. The Morgan fingerprint density at radius 3 is 2.96 bits per heavy atom. The fraction of sp³-hybridized carbons (Fsp3) is 0.0588. The number of pyridine rings is 1. The summed E-state index contributed by atoms with van der Waals surface area (Å²) in [7, 11) is 1.38. The van der Waals surface area contributed by atoms with Crippen molar-refractivity contribution < 1.29 is 19.0 Å². The molecule has 3 heterocycles. The van der Waals surface area contributed by atoms with Crippen LogP contribution in [0.2, 0.25) is 0 Å². The van der Waals surface area contributed by atoms with Gasteiger partial charge in [0.05, 0.1) is 30.1 Å². The third-order valence-electron chi connectivity index (χ3n) is 3.97. The van der Waals surface area contributed by atoms with Gasteiger partial charge in [0.15, 0.2) is 11.5 Å². The third-order valence-corrected chi connectivity index (χ3v) is 3.97. The SMILES string of the molecule is COc1cccc(F)c1-c1c(C(=O)O)ncn1-c1n[nH]c2cnccc12. The van der Waals surface area contributed by atoms with Gasteiger partial charge >= 0.3 is 5.97 Å². The Labute approximate surface area is 145 Å². The second kappa shape index (κ2) is 5.96. The summed E-state index contributed by atoms with van der Waals surface area (Å²) in [5.41, 5.74) is 0.380. The van der Waals surface area contributed by atoms with E-state index in [0.29, 0.717) is 16.7 Å². The first-order valence-corrected chi connectivity index (χ1v) is 7.53. The first kappa shape index (κ1) is 15.8. The number of rotatable bonds is 4. The average molecular weight is 353 g/mol. The van der Waals surface area contributed by atoms with Crippen LogP contribution >= 0.6 is 0 Å². The molecule has 0 saturated carbocycles. The summed E-state index contributed by atoms with van der Waals surface area (Å²) >= 11 is 0. The van der Waals surface area contributed by atoms with Crippen molar-refractivity contribution in [3.63, 3.8) is 0 Å². The molecule has 0 amide bonds. The summed E-state index contributed by atoms with van der Waals surface area (Å²) in [5.74, 6) is -1.35. The molecule has 0 saturated heterocycles. The highest BCUT2D eigenvalue weighted by Gasteiger charge is 2.26. The highest BCUT2D eigenvalue weighted by Crippen LogP contribution is 2.36. The number of nitrogens with zero attached hydrogens (tertiary/aromatic N) is 4. The van der Waals surface area contributed by atoms with Crippen LogP contribution in [-0.4, -0.2) is 42.9 Å². The molecule has 0 radical (unpaired) electrons. The zero-order valence-corrected chi connectivity index (χ0v) is 13.5. The van der Waals surface area contributed by atoms with Crippen LogP contribution in [0.5, 0.6) is 5.75 Å². The Hall–Kier alpha value is -3.75. The Bertz CT molecular complexity index is 1130. The second-order valence-electron chi connectivity index (χ2n) is 5.40. The Balaban J connectivity index is 2.07. The lowest BCUT2D eigenvalue weighted by molar-refractivity contribution is 0.0692. The number of methoxy groups -OCH3 is 1. The van der Waals surface area contributed by atoms with E-state index < -0.39 is 11.8 Å². The number of carbonyl (C=O) groups is 1. The molecule has 0 fully saturated rings. The Morgan fingerprint density at radius 2 is 2.19 bits per heavy atom. The van der Waals surface area contributed by atoms with E-state index in [4.69, 9.17) is 4.74 Å². The van der Waals surface area contributed by atoms with Gasteiger partial charge in [-0.3, -0.25) is 14.6 Å². The molecule has 3 aromatic heterocycles. The largest absolute Gasteiger partial charge is 0.496 e. The molecule has 0 unspecified atom stereocenters. The van der Waals surface area contributed by atoms with Crippen molar-refractivity contribution in [2.45, 2.75) is 0 Å². The van der Waals surface area contributed by atoms with E-state index in [0.717, 1.165) is 0 Å². The van der Waals surface area contributed by atoms with Crippen LogP contribution < -0.4 is 4.74 Å². The summed E-state index contributed by atoms with van der Waals surface area (Å²) < 4.78 is 21.3. The predicted molar refractivity (Wildman–Crippen MR) is 89.9 cm³/mol. The average Bonchev–Trinajstić information content (AvgIpc) is 3.25. The van der Waals surface area contributed by atoms with Crippen molar-refractivity contribution in [2.75, 3.05) is 7.11 Å². The molecule has 0 bridgehead atoms. The highest BCUT2D eigenvalue weighted by molar-refractivity contribution is 5.95. The van der Waals surface area contributed by atoms with Crippen LogP contribution in [0.15, 0.2) is 43.0 Å². The first-order chi connectivity index (χ1) is 12.6. The number of aromatic amines is 1. The maximum Gasteiger partial charge on any atom is 0.356 e. The first-order valence-electron chi connectivity index (χ1n) is 7.53. The lowest BCUT2D eigenvalue weighted by atomic mass is 10.1. The molecule has 0 aliphatic carbocycles. The summed E-state index contributed by atoms with van der Waals surface area (Å²) in [4.78, 5) is 19.6. The van der Waals surface area contributed by atoms with Gasteiger partial charge in [-0.1, -0.05) is 6.07 Å².